The quantitative estimate of drug-likeness (QED) is 0.794. The van der Waals surface area contributed by atoms with Crippen molar-refractivity contribution in [3.05, 3.63) is 0 Å². The molecule has 0 spiro atoms. The molecular weight excluding hydrogens is 230 g/mol. The van der Waals surface area contributed by atoms with E-state index in [0.29, 0.717) is 0 Å². The predicted molar refractivity (Wildman–Crippen MR) is 71.2 cm³/mol. The van der Waals surface area contributed by atoms with Crippen LogP contribution in [0.1, 0.15) is 32.6 Å². The molecule has 1 atom stereocenters. The van der Waals surface area contributed by atoms with Crippen molar-refractivity contribution < 1.29 is 9.59 Å². The van der Waals surface area contributed by atoms with E-state index in [-0.39, 0.29) is 24.4 Å². The number of nitrogens with zero attached hydrogens (tertiary/aromatic N) is 2. The Kier molecular flexibility index (Phi) is 6.12. The molecule has 1 aliphatic heterocycles. The van der Waals surface area contributed by atoms with Gasteiger partial charge in [0.25, 0.3) is 0 Å². The monoisotopic (exact) mass is 255 g/mol. The summed E-state index contributed by atoms with van der Waals surface area (Å²) in [6.45, 7) is 3.75. The Morgan fingerprint density at radius 3 is 2.22 bits per heavy atom. The number of carbonyl (C=O) groups excluding carboxylic acids is 2. The van der Waals surface area contributed by atoms with E-state index in [4.69, 9.17) is 0 Å². The van der Waals surface area contributed by atoms with Gasteiger partial charge in [-0.3, -0.25) is 14.9 Å². The predicted octanol–water partition coefficient (Wildman–Crippen LogP) is 0.455. The SMILES string of the molecule is CC(NCC(=O)N(C)C)C(=O)N1CCCCCC1. The number of likely N-dealkylation sites (N-methyl/N-ethyl adjacent to an activating group) is 1. The van der Waals surface area contributed by atoms with Gasteiger partial charge in [0.1, 0.15) is 0 Å². The Hall–Kier alpha value is -1.10. The molecule has 0 aromatic rings. The van der Waals surface area contributed by atoms with E-state index >= 15 is 0 Å². The number of carbonyl (C=O) groups is 2. The van der Waals surface area contributed by atoms with Gasteiger partial charge in [-0.15, -0.1) is 0 Å². The molecule has 0 aromatic carbocycles. The summed E-state index contributed by atoms with van der Waals surface area (Å²) in [5, 5.41) is 3.00. The molecular formula is C13H25N3O2. The lowest BCUT2D eigenvalue weighted by Gasteiger charge is -2.25. The van der Waals surface area contributed by atoms with Crippen LogP contribution in [0, 0.1) is 0 Å². The van der Waals surface area contributed by atoms with E-state index in [1.54, 1.807) is 14.1 Å². The van der Waals surface area contributed by atoms with Crippen molar-refractivity contribution in [1.29, 1.82) is 0 Å². The second-order valence-electron chi connectivity index (χ2n) is 5.13. The average Bonchev–Trinajstić information content (AvgIpc) is 2.63. The number of nitrogens with one attached hydrogen (secondary N) is 1. The Bertz CT molecular complexity index is 284. The number of rotatable bonds is 4. The molecule has 0 aromatic heterocycles. The van der Waals surface area contributed by atoms with Crippen molar-refractivity contribution in [2.45, 2.75) is 38.6 Å². The van der Waals surface area contributed by atoms with Crippen molar-refractivity contribution >= 4 is 11.8 Å². The molecule has 5 heteroatoms. The Morgan fingerprint density at radius 2 is 1.72 bits per heavy atom. The maximum Gasteiger partial charge on any atom is 0.239 e. The van der Waals surface area contributed by atoms with Gasteiger partial charge < -0.3 is 9.80 Å². The molecule has 1 unspecified atom stereocenters. The van der Waals surface area contributed by atoms with Gasteiger partial charge in [-0.25, -0.2) is 0 Å². The summed E-state index contributed by atoms with van der Waals surface area (Å²) in [5.74, 6) is 0.106. The summed E-state index contributed by atoms with van der Waals surface area (Å²) in [7, 11) is 3.43. The first-order valence-corrected chi connectivity index (χ1v) is 6.74. The van der Waals surface area contributed by atoms with E-state index in [0.717, 1.165) is 25.9 Å². The zero-order chi connectivity index (χ0) is 13.5. The fourth-order valence-electron chi connectivity index (χ4n) is 2.05. The van der Waals surface area contributed by atoms with Crippen LogP contribution in [0.4, 0.5) is 0 Å². The maximum atomic E-state index is 12.2. The maximum absolute atomic E-state index is 12.2. The van der Waals surface area contributed by atoms with Gasteiger partial charge in [-0.1, -0.05) is 12.8 Å². The first kappa shape index (κ1) is 15.0. The second-order valence-corrected chi connectivity index (χ2v) is 5.13. The van der Waals surface area contributed by atoms with Crippen molar-refractivity contribution in [2.24, 2.45) is 0 Å². The molecule has 0 aliphatic carbocycles. The van der Waals surface area contributed by atoms with E-state index < -0.39 is 0 Å². The molecule has 2 amide bonds. The third-order valence-corrected chi connectivity index (χ3v) is 3.35. The molecule has 1 heterocycles. The van der Waals surface area contributed by atoms with Crippen molar-refractivity contribution in [2.75, 3.05) is 33.7 Å². The minimum Gasteiger partial charge on any atom is -0.348 e. The molecule has 1 saturated heterocycles. The topological polar surface area (TPSA) is 52.7 Å². The fourth-order valence-corrected chi connectivity index (χ4v) is 2.05. The summed E-state index contributed by atoms with van der Waals surface area (Å²) >= 11 is 0. The number of hydrogen-bond donors (Lipinski definition) is 1. The van der Waals surface area contributed by atoms with Gasteiger partial charge in [0.2, 0.25) is 11.8 Å². The van der Waals surface area contributed by atoms with Gasteiger partial charge in [0.15, 0.2) is 0 Å². The van der Waals surface area contributed by atoms with E-state index in [1.165, 1.54) is 17.7 Å². The fraction of sp³-hybridized carbons (Fsp3) is 0.846. The molecule has 5 nitrogen and oxygen atoms in total. The van der Waals surface area contributed by atoms with Crippen LogP contribution in [0.25, 0.3) is 0 Å². The highest BCUT2D eigenvalue weighted by Gasteiger charge is 2.21. The van der Waals surface area contributed by atoms with Crippen LogP contribution in [-0.2, 0) is 9.59 Å². The number of hydrogen-bond acceptors (Lipinski definition) is 3. The minimum atomic E-state index is -0.285. The van der Waals surface area contributed by atoms with Crippen LogP contribution in [0.2, 0.25) is 0 Å². The molecule has 1 fully saturated rings. The van der Waals surface area contributed by atoms with E-state index in [1.807, 2.05) is 11.8 Å². The summed E-state index contributed by atoms with van der Waals surface area (Å²) in [5.41, 5.74) is 0. The lowest BCUT2D eigenvalue weighted by molar-refractivity contribution is -0.133. The first-order valence-electron chi connectivity index (χ1n) is 6.74. The number of amides is 2. The minimum absolute atomic E-state index is 0.00878. The zero-order valence-corrected chi connectivity index (χ0v) is 11.7. The van der Waals surface area contributed by atoms with Crippen molar-refractivity contribution in [3.63, 3.8) is 0 Å². The zero-order valence-electron chi connectivity index (χ0n) is 11.7. The van der Waals surface area contributed by atoms with Crippen LogP contribution in [0.15, 0.2) is 0 Å². The molecule has 1 rings (SSSR count). The smallest absolute Gasteiger partial charge is 0.239 e. The highest BCUT2D eigenvalue weighted by molar-refractivity contribution is 5.83. The van der Waals surface area contributed by atoms with Gasteiger partial charge in [0.05, 0.1) is 12.6 Å². The molecule has 0 bridgehead atoms. The molecule has 0 radical (unpaired) electrons. The average molecular weight is 255 g/mol. The molecule has 104 valence electrons. The Morgan fingerprint density at radius 1 is 1.17 bits per heavy atom. The van der Waals surface area contributed by atoms with Gasteiger partial charge in [-0.05, 0) is 19.8 Å². The van der Waals surface area contributed by atoms with Gasteiger partial charge in [-0.2, -0.15) is 0 Å². The summed E-state index contributed by atoms with van der Waals surface area (Å²) < 4.78 is 0. The third kappa shape index (κ3) is 4.64. The number of likely N-dealkylation sites (tertiary alicyclic amines) is 1. The summed E-state index contributed by atoms with van der Waals surface area (Å²) in [6, 6.07) is -0.285. The second kappa shape index (κ2) is 7.36. The summed E-state index contributed by atoms with van der Waals surface area (Å²) in [6.07, 6.45) is 4.61. The lowest BCUT2D eigenvalue weighted by Crippen LogP contribution is -2.47. The van der Waals surface area contributed by atoms with Crippen molar-refractivity contribution in [3.8, 4) is 0 Å². The first-order chi connectivity index (χ1) is 8.52. The van der Waals surface area contributed by atoms with Crippen LogP contribution < -0.4 is 5.32 Å². The standard InChI is InChI=1S/C13H25N3O2/c1-11(14-10-12(17)15(2)3)13(18)16-8-6-4-5-7-9-16/h11,14H,4-10H2,1-3H3. The summed E-state index contributed by atoms with van der Waals surface area (Å²) in [4.78, 5) is 27.1. The largest absolute Gasteiger partial charge is 0.348 e. The molecule has 1 aliphatic rings. The highest BCUT2D eigenvalue weighted by Crippen LogP contribution is 2.10. The van der Waals surface area contributed by atoms with Crippen LogP contribution in [0.3, 0.4) is 0 Å². The van der Waals surface area contributed by atoms with E-state index in [9.17, 15) is 9.59 Å². The molecule has 18 heavy (non-hydrogen) atoms. The van der Waals surface area contributed by atoms with Crippen LogP contribution in [-0.4, -0.2) is 61.4 Å². The van der Waals surface area contributed by atoms with Crippen LogP contribution >= 0.6 is 0 Å². The van der Waals surface area contributed by atoms with Crippen LogP contribution in [0.5, 0.6) is 0 Å². The highest BCUT2D eigenvalue weighted by atomic mass is 16.2. The van der Waals surface area contributed by atoms with Gasteiger partial charge >= 0.3 is 0 Å². The molecule has 1 N–H and O–H groups in total. The molecule has 0 saturated carbocycles. The third-order valence-electron chi connectivity index (χ3n) is 3.35. The Balaban J connectivity index is 2.37. The van der Waals surface area contributed by atoms with Gasteiger partial charge in [0, 0.05) is 27.2 Å². The lowest BCUT2D eigenvalue weighted by atomic mass is 10.2. The van der Waals surface area contributed by atoms with E-state index in [2.05, 4.69) is 5.32 Å². The normalized spacial score (nSPS) is 18.1. The Labute approximate surface area is 110 Å². The van der Waals surface area contributed by atoms with Crippen molar-refractivity contribution in [1.82, 2.24) is 15.1 Å².